The van der Waals surface area contributed by atoms with Crippen molar-refractivity contribution in [3.63, 3.8) is 0 Å². The first kappa shape index (κ1) is 16.4. The average Bonchev–Trinajstić information content (AvgIpc) is 2.92. The van der Waals surface area contributed by atoms with E-state index in [1.165, 1.54) is 11.8 Å². The molecule has 1 amide bonds. The first-order chi connectivity index (χ1) is 10.5. The molecule has 0 aliphatic heterocycles. The summed E-state index contributed by atoms with van der Waals surface area (Å²) in [4.78, 5) is 16.4. The van der Waals surface area contributed by atoms with Crippen LogP contribution in [0.1, 0.15) is 38.7 Å². The number of H-pyrrole nitrogens is 1. The van der Waals surface area contributed by atoms with Gasteiger partial charge in [0.15, 0.2) is 0 Å². The van der Waals surface area contributed by atoms with Gasteiger partial charge in [0, 0.05) is 5.69 Å². The number of carbonyl (C=O) groups is 1. The van der Waals surface area contributed by atoms with Crippen LogP contribution in [0.5, 0.6) is 0 Å². The molecule has 7 heteroatoms. The Bertz CT molecular complexity index is 642. The van der Waals surface area contributed by atoms with Gasteiger partial charge in [-0.3, -0.25) is 4.79 Å². The Balaban J connectivity index is 2.05. The fourth-order valence-corrected chi connectivity index (χ4v) is 2.75. The number of benzene rings is 1. The SMILES string of the molecule is CC[C@H](C)c1ccccc1NC(=O)[C@@H](C)Sc1n[nH]c(N)n1. The van der Waals surface area contributed by atoms with E-state index in [0.717, 1.165) is 17.7 Å². The summed E-state index contributed by atoms with van der Waals surface area (Å²) in [5, 5.41) is 9.63. The lowest BCUT2D eigenvalue weighted by molar-refractivity contribution is -0.115. The number of aromatic amines is 1. The largest absolute Gasteiger partial charge is 0.368 e. The van der Waals surface area contributed by atoms with E-state index in [1.807, 2.05) is 25.1 Å². The molecule has 1 aromatic heterocycles. The van der Waals surface area contributed by atoms with Crippen LogP contribution < -0.4 is 11.1 Å². The quantitative estimate of drug-likeness (QED) is 0.711. The lowest BCUT2D eigenvalue weighted by atomic mass is 9.97. The molecule has 22 heavy (non-hydrogen) atoms. The third-order valence-corrected chi connectivity index (χ3v) is 4.46. The number of nitrogens with two attached hydrogens (primary N) is 1. The number of nitrogens with zero attached hydrogens (tertiary/aromatic N) is 2. The number of aromatic nitrogens is 3. The van der Waals surface area contributed by atoms with Gasteiger partial charge in [0.25, 0.3) is 0 Å². The normalized spacial score (nSPS) is 13.6. The standard InChI is InChI=1S/C15H21N5OS/c1-4-9(2)11-7-5-6-8-12(11)17-13(21)10(3)22-15-18-14(16)19-20-15/h5-10H,4H2,1-3H3,(H,17,21)(H3,16,18,19,20)/t9-,10+/m0/s1. The predicted molar refractivity (Wildman–Crippen MR) is 89.9 cm³/mol. The summed E-state index contributed by atoms with van der Waals surface area (Å²) in [5.74, 6) is 0.564. The van der Waals surface area contributed by atoms with E-state index < -0.39 is 0 Å². The van der Waals surface area contributed by atoms with Gasteiger partial charge in [0.1, 0.15) is 0 Å². The number of amides is 1. The van der Waals surface area contributed by atoms with E-state index in [0.29, 0.717) is 11.1 Å². The molecule has 0 radical (unpaired) electrons. The van der Waals surface area contributed by atoms with Gasteiger partial charge in [-0.25, -0.2) is 5.10 Å². The number of para-hydroxylation sites is 1. The fraction of sp³-hybridized carbons (Fsp3) is 0.400. The third-order valence-electron chi connectivity index (χ3n) is 3.50. The molecule has 2 atom stereocenters. The van der Waals surface area contributed by atoms with Crippen molar-refractivity contribution in [1.82, 2.24) is 15.2 Å². The van der Waals surface area contributed by atoms with Gasteiger partial charge in [0.05, 0.1) is 5.25 Å². The van der Waals surface area contributed by atoms with Crippen LogP contribution in [0.4, 0.5) is 11.6 Å². The first-order valence-corrected chi connectivity index (χ1v) is 8.13. The molecule has 1 aromatic carbocycles. The summed E-state index contributed by atoms with van der Waals surface area (Å²) in [6.07, 6.45) is 1.02. The second-order valence-electron chi connectivity index (χ2n) is 5.15. The summed E-state index contributed by atoms with van der Waals surface area (Å²) in [5.41, 5.74) is 7.49. The molecule has 0 aliphatic rings. The minimum Gasteiger partial charge on any atom is -0.368 e. The number of carbonyl (C=O) groups excluding carboxylic acids is 1. The number of nitrogens with one attached hydrogen (secondary N) is 2. The zero-order valence-electron chi connectivity index (χ0n) is 13.0. The molecule has 0 fully saturated rings. The highest BCUT2D eigenvalue weighted by Gasteiger charge is 2.18. The second kappa shape index (κ2) is 7.31. The van der Waals surface area contributed by atoms with Crippen LogP contribution in [-0.4, -0.2) is 26.3 Å². The highest BCUT2D eigenvalue weighted by molar-refractivity contribution is 8.00. The van der Waals surface area contributed by atoms with Crippen molar-refractivity contribution in [3.05, 3.63) is 29.8 Å². The monoisotopic (exact) mass is 319 g/mol. The Kier molecular flexibility index (Phi) is 5.43. The van der Waals surface area contributed by atoms with E-state index in [1.54, 1.807) is 0 Å². The fourth-order valence-electron chi connectivity index (χ4n) is 2.02. The molecular weight excluding hydrogens is 298 g/mol. The van der Waals surface area contributed by atoms with Crippen molar-refractivity contribution < 1.29 is 4.79 Å². The maximum absolute atomic E-state index is 12.4. The van der Waals surface area contributed by atoms with Crippen LogP contribution in [0.3, 0.4) is 0 Å². The van der Waals surface area contributed by atoms with E-state index in [9.17, 15) is 4.79 Å². The number of nitrogen functional groups attached to an aromatic ring is 1. The Hall–Kier alpha value is -2.02. The van der Waals surface area contributed by atoms with Gasteiger partial charge in [-0.15, -0.1) is 5.10 Å². The van der Waals surface area contributed by atoms with Crippen molar-refractivity contribution in [2.24, 2.45) is 0 Å². The molecule has 0 aliphatic carbocycles. The van der Waals surface area contributed by atoms with Gasteiger partial charge in [-0.05, 0) is 30.9 Å². The highest BCUT2D eigenvalue weighted by atomic mass is 32.2. The third kappa shape index (κ3) is 4.00. The average molecular weight is 319 g/mol. The van der Waals surface area contributed by atoms with Crippen LogP contribution in [0, 0.1) is 0 Å². The lowest BCUT2D eigenvalue weighted by Crippen LogP contribution is -2.23. The highest BCUT2D eigenvalue weighted by Crippen LogP contribution is 2.28. The number of anilines is 2. The van der Waals surface area contributed by atoms with Crippen LogP contribution in [0.15, 0.2) is 29.4 Å². The molecule has 0 saturated carbocycles. The Morgan fingerprint density at radius 1 is 1.41 bits per heavy atom. The van der Waals surface area contributed by atoms with Crippen molar-refractivity contribution in [3.8, 4) is 0 Å². The Morgan fingerprint density at radius 3 is 2.77 bits per heavy atom. The predicted octanol–water partition coefficient (Wildman–Crippen LogP) is 3.02. The van der Waals surface area contributed by atoms with Crippen LogP contribution in [-0.2, 0) is 4.79 Å². The maximum Gasteiger partial charge on any atom is 0.237 e. The summed E-state index contributed by atoms with van der Waals surface area (Å²) in [6.45, 7) is 6.10. The molecule has 1 heterocycles. The van der Waals surface area contributed by atoms with Crippen molar-refractivity contribution in [1.29, 1.82) is 0 Å². The minimum atomic E-state index is -0.319. The van der Waals surface area contributed by atoms with E-state index in [4.69, 9.17) is 5.73 Å². The molecule has 2 aromatic rings. The van der Waals surface area contributed by atoms with Crippen LogP contribution in [0.25, 0.3) is 0 Å². The lowest BCUT2D eigenvalue weighted by Gasteiger charge is -2.17. The first-order valence-electron chi connectivity index (χ1n) is 7.25. The molecule has 2 rings (SSSR count). The van der Waals surface area contributed by atoms with Crippen LogP contribution >= 0.6 is 11.8 Å². The van der Waals surface area contributed by atoms with Crippen molar-refractivity contribution in [2.45, 2.75) is 43.5 Å². The maximum atomic E-state index is 12.4. The number of rotatable bonds is 6. The Labute approximate surface area is 134 Å². The smallest absolute Gasteiger partial charge is 0.237 e. The molecule has 6 nitrogen and oxygen atoms in total. The number of hydrogen-bond donors (Lipinski definition) is 3. The van der Waals surface area contributed by atoms with Crippen LogP contribution in [0.2, 0.25) is 0 Å². The van der Waals surface area contributed by atoms with Gasteiger partial charge < -0.3 is 11.1 Å². The second-order valence-corrected chi connectivity index (χ2v) is 6.46. The van der Waals surface area contributed by atoms with E-state index in [-0.39, 0.29) is 17.1 Å². The molecule has 0 spiro atoms. The minimum absolute atomic E-state index is 0.0795. The summed E-state index contributed by atoms with van der Waals surface area (Å²) < 4.78 is 0. The van der Waals surface area contributed by atoms with Gasteiger partial charge in [0.2, 0.25) is 17.0 Å². The summed E-state index contributed by atoms with van der Waals surface area (Å²) in [6, 6.07) is 7.90. The molecule has 118 valence electrons. The molecule has 0 unspecified atom stereocenters. The van der Waals surface area contributed by atoms with E-state index in [2.05, 4.69) is 40.4 Å². The topological polar surface area (TPSA) is 96.7 Å². The number of hydrogen-bond acceptors (Lipinski definition) is 5. The molecule has 0 saturated heterocycles. The van der Waals surface area contributed by atoms with Gasteiger partial charge in [-0.1, -0.05) is 43.8 Å². The zero-order valence-corrected chi connectivity index (χ0v) is 13.8. The zero-order chi connectivity index (χ0) is 16.1. The van der Waals surface area contributed by atoms with Gasteiger partial charge in [-0.2, -0.15) is 4.98 Å². The molecular formula is C15H21N5OS. The number of thioether (sulfide) groups is 1. The van der Waals surface area contributed by atoms with Crippen molar-refractivity contribution >= 4 is 29.3 Å². The summed E-state index contributed by atoms with van der Waals surface area (Å²) >= 11 is 1.27. The molecule has 0 bridgehead atoms. The summed E-state index contributed by atoms with van der Waals surface area (Å²) in [7, 11) is 0. The van der Waals surface area contributed by atoms with Gasteiger partial charge >= 0.3 is 0 Å². The molecule has 4 N–H and O–H groups in total. The van der Waals surface area contributed by atoms with E-state index >= 15 is 0 Å². The Morgan fingerprint density at radius 2 is 2.14 bits per heavy atom. The van der Waals surface area contributed by atoms with Crippen molar-refractivity contribution in [2.75, 3.05) is 11.1 Å².